The second kappa shape index (κ2) is 5.51. The highest BCUT2D eigenvalue weighted by Gasteiger charge is 2.26. The molecule has 0 aliphatic carbocycles. The van der Waals surface area contributed by atoms with Crippen LogP contribution >= 0.6 is 0 Å². The van der Waals surface area contributed by atoms with Gasteiger partial charge in [0.25, 0.3) is 0 Å². The largest absolute Gasteiger partial charge is 0.481 e. The van der Waals surface area contributed by atoms with Crippen molar-refractivity contribution in [3.63, 3.8) is 0 Å². The van der Waals surface area contributed by atoms with Gasteiger partial charge in [-0.1, -0.05) is 0 Å². The standard InChI is InChI=1S/C12H11F3N4O2/c1-5(12(20)21)6(2)19-11(16-17-18-19)7-3-8(13)10(15)9(14)4-7/h3-6H,1-2H3,(H,20,21). The lowest BCUT2D eigenvalue weighted by atomic mass is 10.0. The number of aliphatic carboxylic acids is 1. The predicted molar refractivity (Wildman–Crippen MR) is 64.6 cm³/mol. The Morgan fingerprint density at radius 2 is 1.81 bits per heavy atom. The molecule has 0 saturated carbocycles. The fraction of sp³-hybridized carbons (Fsp3) is 0.333. The van der Waals surface area contributed by atoms with Crippen LogP contribution in [0.4, 0.5) is 13.2 Å². The molecule has 0 aliphatic rings. The van der Waals surface area contributed by atoms with Gasteiger partial charge in [-0.05, 0) is 36.4 Å². The highest BCUT2D eigenvalue weighted by molar-refractivity contribution is 5.70. The van der Waals surface area contributed by atoms with E-state index >= 15 is 0 Å². The molecule has 0 amide bonds. The first kappa shape index (κ1) is 14.9. The maximum atomic E-state index is 13.3. The maximum absolute atomic E-state index is 13.3. The molecule has 1 heterocycles. The van der Waals surface area contributed by atoms with Crippen molar-refractivity contribution in [3.8, 4) is 11.4 Å². The third-order valence-electron chi connectivity index (χ3n) is 3.23. The minimum Gasteiger partial charge on any atom is -0.481 e. The van der Waals surface area contributed by atoms with Crippen LogP contribution in [0.2, 0.25) is 0 Å². The third kappa shape index (κ3) is 2.71. The van der Waals surface area contributed by atoms with Gasteiger partial charge in [-0.25, -0.2) is 17.9 Å². The summed E-state index contributed by atoms with van der Waals surface area (Å²) in [6.07, 6.45) is 0. The van der Waals surface area contributed by atoms with E-state index < -0.39 is 35.4 Å². The number of hydrogen-bond acceptors (Lipinski definition) is 4. The van der Waals surface area contributed by atoms with Crippen LogP contribution in [0, 0.1) is 23.4 Å². The molecule has 2 aromatic rings. The summed E-state index contributed by atoms with van der Waals surface area (Å²) < 4.78 is 40.6. The first-order valence-electron chi connectivity index (χ1n) is 5.98. The molecule has 1 N–H and O–H groups in total. The summed E-state index contributed by atoms with van der Waals surface area (Å²) in [5.41, 5.74) is -0.0826. The van der Waals surface area contributed by atoms with E-state index in [4.69, 9.17) is 5.11 Å². The minimum absolute atomic E-state index is 0.0478. The number of rotatable bonds is 4. The first-order chi connectivity index (χ1) is 9.82. The Balaban J connectivity index is 2.48. The van der Waals surface area contributed by atoms with Crippen molar-refractivity contribution < 1.29 is 23.1 Å². The fourth-order valence-electron chi connectivity index (χ4n) is 1.76. The van der Waals surface area contributed by atoms with Gasteiger partial charge >= 0.3 is 5.97 Å². The Kier molecular flexibility index (Phi) is 3.92. The number of aromatic nitrogens is 4. The van der Waals surface area contributed by atoms with Gasteiger partial charge in [0.05, 0.1) is 12.0 Å². The number of hydrogen-bond donors (Lipinski definition) is 1. The summed E-state index contributed by atoms with van der Waals surface area (Å²) in [7, 11) is 0. The summed E-state index contributed by atoms with van der Waals surface area (Å²) in [6, 6.07) is 0.834. The summed E-state index contributed by atoms with van der Waals surface area (Å²) >= 11 is 0. The van der Waals surface area contributed by atoms with Crippen LogP contribution in [0.15, 0.2) is 12.1 Å². The predicted octanol–water partition coefficient (Wildman–Crippen LogP) is 2.04. The SMILES string of the molecule is CC(C(=O)O)C(C)n1nnnc1-c1cc(F)c(F)c(F)c1. The highest BCUT2D eigenvalue weighted by atomic mass is 19.2. The third-order valence-corrected chi connectivity index (χ3v) is 3.23. The topological polar surface area (TPSA) is 80.9 Å². The van der Waals surface area contributed by atoms with E-state index in [1.165, 1.54) is 6.92 Å². The molecule has 6 nitrogen and oxygen atoms in total. The van der Waals surface area contributed by atoms with Gasteiger partial charge in [-0.2, -0.15) is 0 Å². The van der Waals surface area contributed by atoms with Crippen molar-refractivity contribution in [2.75, 3.05) is 0 Å². The monoisotopic (exact) mass is 300 g/mol. The van der Waals surface area contributed by atoms with Crippen molar-refractivity contribution in [3.05, 3.63) is 29.6 Å². The van der Waals surface area contributed by atoms with Crippen molar-refractivity contribution in [1.29, 1.82) is 0 Å². The molecular formula is C12H11F3N4O2. The summed E-state index contributed by atoms with van der Waals surface area (Å²) in [4.78, 5) is 11.0. The lowest BCUT2D eigenvalue weighted by molar-refractivity contribution is -0.142. The average Bonchev–Trinajstić information content (AvgIpc) is 2.91. The number of tetrazole rings is 1. The van der Waals surface area contributed by atoms with E-state index in [9.17, 15) is 18.0 Å². The zero-order valence-corrected chi connectivity index (χ0v) is 11.1. The molecule has 0 radical (unpaired) electrons. The van der Waals surface area contributed by atoms with Crippen molar-refractivity contribution >= 4 is 5.97 Å². The lowest BCUT2D eigenvalue weighted by Gasteiger charge is -2.17. The average molecular weight is 300 g/mol. The number of carboxylic acids is 1. The summed E-state index contributed by atoms with van der Waals surface area (Å²) in [6.45, 7) is 3.00. The van der Waals surface area contributed by atoms with Crippen LogP contribution in [0.5, 0.6) is 0 Å². The van der Waals surface area contributed by atoms with Gasteiger partial charge in [0.15, 0.2) is 23.3 Å². The molecule has 2 unspecified atom stereocenters. The highest BCUT2D eigenvalue weighted by Crippen LogP contribution is 2.26. The Hall–Kier alpha value is -2.45. The Bertz CT molecular complexity index is 666. The molecular weight excluding hydrogens is 289 g/mol. The molecule has 2 atom stereocenters. The Morgan fingerprint density at radius 3 is 2.33 bits per heavy atom. The van der Waals surface area contributed by atoms with E-state index in [1.54, 1.807) is 6.92 Å². The number of halogens is 3. The molecule has 0 bridgehead atoms. The van der Waals surface area contributed by atoms with Crippen molar-refractivity contribution in [1.82, 2.24) is 20.2 Å². The molecule has 1 aromatic heterocycles. The van der Waals surface area contributed by atoms with Crippen LogP contribution < -0.4 is 0 Å². The van der Waals surface area contributed by atoms with Crippen LogP contribution in [0.25, 0.3) is 11.4 Å². The molecule has 2 rings (SSSR count). The number of benzene rings is 1. The smallest absolute Gasteiger partial charge is 0.308 e. The van der Waals surface area contributed by atoms with Crippen LogP contribution in [0.3, 0.4) is 0 Å². The molecule has 0 saturated heterocycles. The van der Waals surface area contributed by atoms with Crippen molar-refractivity contribution in [2.45, 2.75) is 19.9 Å². The van der Waals surface area contributed by atoms with E-state index in [2.05, 4.69) is 15.5 Å². The molecule has 9 heteroatoms. The van der Waals surface area contributed by atoms with E-state index in [1.807, 2.05) is 0 Å². The second-order valence-electron chi connectivity index (χ2n) is 4.57. The van der Waals surface area contributed by atoms with Crippen LogP contribution in [-0.2, 0) is 4.79 Å². The normalized spacial score (nSPS) is 14.0. The van der Waals surface area contributed by atoms with E-state index in [-0.39, 0.29) is 11.4 Å². The molecule has 21 heavy (non-hydrogen) atoms. The first-order valence-corrected chi connectivity index (χ1v) is 5.98. The molecule has 1 aromatic carbocycles. The number of carboxylic acid groups (broad SMARTS) is 1. The molecule has 0 fully saturated rings. The number of carbonyl (C=O) groups is 1. The van der Waals surface area contributed by atoms with Crippen molar-refractivity contribution in [2.24, 2.45) is 5.92 Å². The molecule has 0 spiro atoms. The fourth-order valence-corrected chi connectivity index (χ4v) is 1.76. The van der Waals surface area contributed by atoms with E-state index in [0.29, 0.717) is 0 Å². The van der Waals surface area contributed by atoms with Gasteiger partial charge in [-0.15, -0.1) is 5.10 Å². The van der Waals surface area contributed by atoms with Gasteiger partial charge in [0, 0.05) is 5.56 Å². The summed E-state index contributed by atoms with van der Waals surface area (Å²) in [5.74, 6) is -6.29. The maximum Gasteiger partial charge on any atom is 0.308 e. The van der Waals surface area contributed by atoms with Gasteiger partial charge in [0.1, 0.15) is 0 Å². The Labute approximate surface area is 117 Å². The van der Waals surface area contributed by atoms with E-state index in [0.717, 1.165) is 16.8 Å². The lowest BCUT2D eigenvalue weighted by Crippen LogP contribution is -2.23. The quantitative estimate of drug-likeness (QED) is 0.874. The van der Waals surface area contributed by atoms with Gasteiger partial charge in [0.2, 0.25) is 0 Å². The Morgan fingerprint density at radius 1 is 1.24 bits per heavy atom. The zero-order valence-electron chi connectivity index (χ0n) is 11.1. The van der Waals surface area contributed by atoms with Crippen LogP contribution in [0.1, 0.15) is 19.9 Å². The minimum atomic E-state index is -1.59. The molecule has 0 aliphatic heterocycles. The van der Waals surface area contributed by atoms with Crippen LogP contribution in [-0.4, -0.2) is 31.3 Å². The molecule has 112 valence electrons. The van der Waals surface area contributed by atoms with Gasteiger partial charge in [-0.3, -0.25) is 4.79 Å². The number of nitrogens with zero attached hydrogens (tertiary/aromatic N) is 4. The summed E-state index contributed by atoms with van der Waals surface area (Å²) in [5, 5.41) is 19.6. The second-order valence-corrected chi connectivity index (χ2v) is 4.57. The zero-order chi connectivity index (χ0) is 15.7. The van der Waals surface area contributed by atoms with Gasteiger partial charge < -0.3 is 5.11 Å².